The Balaban J connectivity index is 1.48. The van der Waals surface area contributed by atoms with Crippen LogP contribution >= 0.6 is 43.5 Å². The molecule has 3 atom stereocenters. The van der Waals surface area contributed by atoms with E-state index in [4.69, 9.17) is 21.1 Å². The summed E-state index contributed by atoms with van der Waals surface area (Å²) in [5, 5.41) is 4.13. The Labute approximate surface area is 214 Å². The lowest BCUT2D eigenvalue weighted by atomic mass is 9.77. The molecular formula is C26H21Br2ClFNO2. The first-order chi connectivity index (χ1) is 16.0. The summed E-state index contributed by atoms with van der Waals surface area (Å²) in [6, 6.07) is 15.0. The summed E-state index contributed by atoms with van der Waals surface area (Å²) in [5.41, 5.74) is 3.45. The van der Waals surface area contributed by atoms with Crippen LogP contribution in [0.4, 0.5) is 10.1 Å². The summed E-state index contributed by atoms with van der Waals surface area (Å²) in [5.74, 6) is 1.39. The van der Waals surface area contributed by atoms with Crippen LogP contribution in [-0.2, 0) is 6.61 Å². The van der Waals surface area contributed by atoms with Crippen molar-refractivity contribution in [3.63, 3.8) is 0 Å². The maximum atomic E-state index is 14.9. The molecule has 0 radical (unpaired) electrons. The fourth-order valence-electron chi connectivity index (χ4n) is 4.78. The second-order valence-electron chi connectivity index (χ2n) is 8.24. The Hall–Kier alpha value is -2.02. The average Bonchev–Trinajstić information content (AvgIpc) is 3.29. The van der Waals surface area contributed by atoms with E-state index in [1.165, 1.54) is 6.07 Å². The molecule has 1 N–H and O–H groups in total. The lowest BCUT2D eigenvalue weighted by Crippen LogP contribution is -2.29. The lowest BCUT2D eigenvalue weighted by Gasteiger charge is -2.38. The smallest absolute Gasteiger partial charge is 0.175 e. The molecule has 0 spiro atoms. The van der Waals surface area contributed by atoms with Crippen LogP contribution in [0.1, 0.15) is 35.1 Å². The molecule has 3 nitrogen and oxygen atoms in total. The Morgan fingerprint density at radius 1 is 1.15 bits per heavy atom. The number of halogens is 4. The van der Waals surface area contributed by atoms with Crippen LogP contribution in [-0.4, -0.2) is 7.11 Å². The number of rotatable bonds is 5. The predicted octanol–water partition coefficient (Wildman–Crippen LogP) is 8.42. The van der Waals surface area contributed by atoms with E-state index in [1.807, 2.05) is 42.5 Å². The fraction of sp³-hybridized carbons (Fsp3) is 0.231. The largest absolute Gasteiger partial charge is 0.493 e. The van der Waals surface area contributed by atoms with Gasteiger partial charge >= 0.3 is 0 Å². The van der Waals surface area contributed by atoms with Crippen LogP contribution in [0.3, 0.4) is 0 Å². The molecule has 3 aromatic rings. The van der Waals surface area contributed by atoms with Gasteiger partial charge in [0, 0.05) is 21.0 Å². The summed E-state index contributed by atoms with van der Waals surface area (Å²) in [6.45, 7) is 0.317. The predicted molar refractivity (Wildman–Crippen MR) is 137 cm³/mol. The van der Waals surface area contributed by atoms with Crippen LogP contribution in [0.25, 0.3) is 0 Å². The van der Waals surface area contributed by atoms with Gasteiger partial charge in [0.15, 0.2) is 11.5 Å². The molecule has 2 aliphatic rings. The maximum Gasteiger partial charge on any atom is 0.175 e. The van der Waals surface area contributed by atoms with Gasteiger partial charge in [-0.2, -0.15) is 0 Å². The molecule has 0 saturated carbocycles. The zero-order chi connectivity index (χ0) is 23.1. The molecule has 1 aliphatic heterocycles. The molecule has 0 fully saturated rings. The van der Waals surface area contributed by atoms with Crippen molar-refractivity contribution in [2.45, 2.75) is 25.0 Å². The standard InChI is InChI=1S/C26H21Br2ClFNO2/c1-32-23-10-15(9-20(28)26(23)33-13-14-5-2-3-8-21(14)29)24-18-7-4-6-17(18)19-11-16(27)12-22(30)25(19)31-24/h2-6,8-12,17-18,24,31H,7,13H2,1H3/t17-,18-,24+/m1/s1. The van der Waals surface area contributed by atoms with Crippen LogP contribution in [0, 0.1) is 11.7 Å². The summed E-state index contributed by atoms with van der Waals surface area (Å²) in [7, 11) is 1.62. The van der Waals surface area contributed by atoms with E-state index in [0.717, 1.165) is 32.1 Å². The van der Waals surface area contributed by atoms with Crippen LogP contribution in [0.15, 0.2) is 69.6 Å². The normalized spacial score (nSPS) is 20.7. The first kappa shape index (κ1) is 22.8. The highest BCUT2D eigenvalue weighted by atomic mass is 79.9. The molecule has 170 valence electrons. The summed E-state index contributed by atoms with van der Waals surface area (Å²) < 4.78 is 28.2. The van der Waals surface area contributed by atoms with Crippen molar-refractivity contribution in [3.05, 3.63) is 97.2 Å². The Morgan fingerprint density at radius 2 is 1.97 bits per heavy atom. The van der Waals surface area contributed by atoms with E-state index < -0.39 is 0 Å². The molecular weight excluding hydrogens is 573 g/mol. The lowest BCUT2D eigenvalue weighted by molar-refractivity contribution is 0.282. The van der Waals surface area contributed by atoms with E-state index in [2.05, 4.69) is 49.3 Å². The van der Waals surface area contributed by atoms with Crippen molar-refractivity contribution in [3.8, 4) is 11.5 Å². The Bertz CT molecular complexity index is 1250. The highest BCUT2D eigenvalue weighted by Gasteiger charge is 2.39. The van der Waals surface area contributed by atoms with Crippen LogP contribution < -0.4 is 14.8 Å². The highest BCUT2D eigenvalue weighted by molar-refractivity contribution is 9.10. The molecule has 0 amide bonds. The van der Waals surface area contributed by atoms with Gasteiger partial charge in [-0.1, -0.05) is 57.9 Å². The number of methoxy groups -OCH3 is 1. The third-order valence-electron chi connectivity index (χ3n) is 6.33. The van der Waals surface area contributed by atoms with Crippen molar-refractivity contribution in [1.29, 1.82) is 0 Å². The SMILES string of the molecule is COc1cc([C@@H]2Nc3c(F)cc(Br)cc3[C@@H]3C=CC[C@H]32)cc(Br)c1OCc1ccccc1Cl. The van der Waals surface area contributed by atoms with E-state index in [-0.39, 0.29) is 23.7 Å². The van der Waals surface area contributed by atoms with Gasteiger partial charge in [0.25, 0.3) is 0 Å². The van der Waals surface area contributed by atoms with Crippen molar-refractivity contribution in [2.24, 2.45) is 5.92 Å². The maximum absolute atomic E-state index is 14.9. The quantitative estimate of drug-likeness (QED) is 0.301. The molecule has 0 unspecified atom stereocenters. The van der Waals surface area contributed by atoms with Gasteiger partial charge in [-0.25, -0.2) is 4.39 Å². The highest BCUT2D eigenvalue weighted by Crippen LogP contribution is 2.52. The molecule has 0 saturated heterocycles. The first-order valence-corrected chi connectivity index (χ1v) is 12.6. The third kappa shape index (κ3) is 4.29. The average molecular weight is 594 g/mol. The summed E-state index contributed by atoms with van der Waals surface area (Å²) >= 11 is 13.4. The van der Waals surface area contributed by atoms with E-state index in [0.29, 0.717) is 28.8 Å². The number of allylic oxidation sites excluding steroid dienone is 2. The number of nitrogens with one attached hydrogen (secondary N) is 1. The van der Waals surface area contributed by atoms with Crippen LogP contribution in [0.2, 0.25) is 5.02 Å². The minimum Gasteiger partial charge on any atom is -0.493 e. The minimum absolute atomic E-state index is 0.0732. The number of anilines is 1. The number of fused-ring (bicyclic) bond motifs is 3. The van der Waals surface area contributed by atoms with Gasteiger partial charge in [-0.3, -0.25) is 0 Å². The second-order valence-corrected chi connectivity index (χ2v) is 10.4. The molecule has 1 heterocycles. The van der Waals surface area contributed by atoms with Gasteiger partial charge < -0.3 is 14.8 Å². The van der Waals surface area contributed by atoms with Crippen molar-refractivity contribution in [2.75, 3.05) is 12.4 Å². The van der Waals surface area contributed by atoms with E-state index in [1.54, 1.807) is 7.11 Å². The molecule has 0 bridgehead atoms. The molecule has 0 aromatic heterocycles. The second kappa shape index (κ2) is 9.32. The first-order valence-electron chi connectivity index (χ1n) is 10.6. The number of hydrogen-bond donors (Lipinski definition) is 1. The molecule has 1 aliphatic carbocycles. The summed E-state index contributed by atoms with van der Waals surface area (Å²) in [4.78, 5) is 0. The topological polar surface area (TPSA) is 30.5 Å². The van der Waals surface area contributed by atoms with Gasteiger partial charge in [-0.15, -0.1) is 0 Å². The minimum atomic E-state index is -0.256. The molecule has 33 heavy (non-hydrogen) atoms. The fourth-order valence-corrected chi connectivity index (χ4v) is 5.99. The van der Waals surface area contributed by atoms with E-state index in [9.17, 15) is 4.39 Å². The Morgan fingerprint density at radius 3 is 2.76 bits per heavy atom. The van der Waals surface area contributed by atoms with Crippen molar-refractivity contribution >= 4 is 49.1 Å². The zero-order valence-electron chi connectivity index (χ0n) is 17.7. The number of ether oxygens (including phenoxy) is 2. The molecule has 5 rings (SSSR count). The number of benzene rings is 3. The van der Waals surface area contributed by atoms with E-state index >= 15 is 0 Å². The van der Waals surface area contributed by atoms with Gasteiger partial charge in [0.2, 0.25) is 0 Å². The summed E-state index contributed by atoms with van der Waals surface area (Å²) in [6.07, 6.45) is 5.29. The molecule has 7 heteroatoms. The zero-order valence-corrected chi connectivity index (χ0v) is 21.7. The third-order valence-corrected chi connectivity index (χ3v) is 7.74. The van der Waals surface area contributed by atoms with Gasteiger partial charge in [-0.05, 0) is 69.7 Å². The Kier molecular flexibility index (Phi) is 6.43. The van der Waals surface area contributed by atoms with Crippen LogP contribution in [0.5, 0.6) is 11.5 Å². The molecule has 3 aromatic carbocycles. The van der Waals surface area contributed by atoms with Gasteiger partial charge in [0.05, 0.1) is 23.3 Å². The monoisotopic (exact) mass is 591 g/mol. The van der Waals surface area contributed by atoms with Gasteiger partial charge in [0.1, 0.15) is 12.4 Å². The van der Waals surface area contributed by atoms with Crippen molar-refractivity contribution in [1.82, 2.24) is 0 Å². The number of hydrogen-bond acceptors (Lipinski definition) is 3. The van der Waals surface area contributed by atoms with Crippen molar-refractivity contribution < 1.29 is 13.9 Å².